The molecule has 7 heteroatoms. The molecular weight excluding hydrogens is 324 g/mol. The molecule has 1 aromatic heterocycles. The number of carbonyl (C=O) groups is 3. The summed E-state index contributed by atoms with van der Waals surface area (Å²) in [7, 11) is 0. The van der Waals surface area contributed by atoms with Crippen LogP contribution in [0.4, 0.5) is 0 Å². The summed E-state index contributed by atoms with van der Waals surface area (Å²) in [6.07, 6.45) is 3.12. The number of amides is 2. The minimum Gasteiger partial charge on any atom is -0.472 e. The Bertz CT molecular complexity index is 587. The number of hydrogen-bond acceptors (Lipinski definition) is 5. The van der Waals surface area contributed by atoms with E-state index in [0.29, 0.717) is 12.0 Å². The van der Waals surface area contributed by atoms with Crippen molar-refractivity contribution < 1.29 is 23.5 Å². The van der Waals surface area contributed by atoms with Crippen molar-refractivity contribution in [2.24, 2.45) is 5.92 Å². The van der Waals surface area contributed by atoms with Crippen LogP contribution in [0, 0.1) is 5.92 Å². The fourth-order valence-electron chi connectivity index (χ4n) is 2.09. The van der Waals surface area contributed by atoms with Crippen molar-refractivity contribution in [3.8, 4) is 0 Å². The number of rotatable bonds is 7. The Hall–Kier alpha value is -2.31. The van der Waals surface area contributed by atoms with E-state index >= 15 is 0 Å². The Kier molecular flexibility index (Phi) is 7.21. The molecule has 0 saturated heterocycles. The van der Waals surface area contributed by atoms with Gasteiger partial charge in [-0.05, 0) is 46.1 Å². The van der Waals surface area contributed by atoms with Gasteiger partial charge in [-0.15, -0.1) is 0 Å². The van der Waals surface area contributed by atoms with E-state index in [0.717, 1.165) is 0 Å². The molecule has 1 aromatic rings. The second kappa shape index (κ2) is 8.69. The number of nitrogens with one attached hydrogen (secondary N) is 2. The summed E-state index contributed by atoms with van der Waals surface area (Å²) in [6, 6.07) is -0.0677. The molecule has 0 radical (unpaired) electrons. The highest BCUT2D eigenvalue weighted by Gasteiger charge is 2.29. The molecule has 0 unspecified atom stereocenters. The Morgan fingerprint density at radius 3 is 2.28 bits per heavy atom. The van der Waals surface area contributed by atoms with Crippen LogP contribution < -0.4 is 10.6 Å². The molecule has 0 aliphatic carbocycles. The first-order chi connectivity index (χ1) is 11.5. The van der Waals surface area contributed by atoms with Gasteiger partial charge in [-0.25, -0.2) is 4.79 Å². The van der Waals surface area contributed by atoms with Gasteiger partial charge in [0.1, 0.15) is 23.9 Å². The van der Waals surface area contributed by atoms with Crippen molar-refractivity contribution in [3.63, 3.8) is 0 Å². The molecule has 0 aliphatic heterocycles. The van der Waals surface area contributed by atoms with Gasteiger partial charge in [0, 0.05) is 0 Å². The highest BCUT2D eigenvalue weighted by atomic mass is 16.6. The maximum atomic E-state index is 12.4. The molecule has 25 heavy (non-hydrogen) atoms. The maximum absolute atomic E-state index is 12.4. The lowest BCUT2D eigenvalue weighted by Crippen LogP contribution is -2.51. The zero-order valence-corrected chi connectivity index (χ0v) is 15.7. The molecule has 7 nitrogen and oxygen atoms in total. The minimum atomic E-state index is -0.806. The van der Waals surface area contributed by atoms with Crippen LogP contribution in [0.5, 0.6) is 0 Å². The SMILES string of the molecule is CC(C)C[C@@H](NC(=O)[C@@H](C)NC(=O)c1ccoc1)C(=O)OC(C)(C)C. The van der Waals surface area contributed by atoms with Gasteiger partial charge in [-0.1, -0.05) is 13.8 Å². The van der Waals surface area contributed by atoms with Crippen LogP contribution in [0.1, 0.15) is 58.3 Å². The van der Waals surface area contributed by atoms with E-state index < -0.39 is 35.5 Å². The number of ether oxygens (including phenoxy) is 1. The monoisotopic (exact) mass is 352 g/mol. The van der Waals surface area contributed by atoms with E-state index in [-0.39, 0.29) is 5.92 Å². The Morgan fingerprint density at radius 2 is 1.80 bits per heavy atom. The van der Waals surface area contributed by atoms with E-state index in [2.05, 4.69) is 10.6 Å². The normalized spacial score (nSPS) is 13.9. The second-order valence-electron chi connectivity index (χ2n) is 7.43. The molecule has 2 amide bonds. The molecule has 0 bridgehead atoms. The van der Waals surface area contributed by atoms with E-state index in [1.807, 2.05) is 13.8 Å². The standard InChI is InChI=1S/C18H28N2O5/c1-11(2)9-14(17(23)25-18(4,5)6)20-15(21)12(3)19-16(22)13-7-8-24-10-13/h7-8,10-12,14H,9H2,1-6H3,(H,19,22)(H,20,21)/t12-,14-/m1/s1. The fourth-order valence-corrected chi connectivity index (χ4v) is 2.09. The lowest BCUT2D eigenvalue weighted by molar-refractivity contribution is -0.159. The van der Waals surface area contributed by atoms with Crippen molar-refractivity contribution in [3.05, 3.63) is 24.2 Å². The van der Waals surface area contributed by atoms with Gasteiger partial charge in [0.15, 0.2) is 0 Å². The predicted octanol–water partition coefficient (Wildman–Crippen LogP) is 2.27. The van der Waals surface area contributed by atoms with Crippen LogP contribution in [0.2, 0.25) is 0 Å². The highest BCUT2D eigenvalue weighted by Crippen LogP contribution is 2.13. The molecular formula is C18H28N2O5. The zero-order chi connectivity index (χ0) is 19.2. The second-order valence-corrected chi connectivity index (χ2v) is 7.43. The molecule has 0 aromatic carbocycles. The fraction of sp³-hybridized carbons (Fsp3) is 0.611. The van der Waals surface area contributed by atoms with Crippen molar-refractivity contribution in [2.45, 2.75) is 65.6 Å². The van der Waals surface area contributed by atoms with Gasteiger partial charge in [-0.2, -0.15) is 0 Å². The summed E-state index contributed by atoms with van der Waals surface area (Å²) in [5.74, 6) is -1.17. The van der Waals surface area contributed by atoms with Gasteiger partial charge in [0.25, 0.3) is 5.91 Å². The van der Waals surface area contributed by atoms with E-state index in [1.54, 1.807) is 27.7 Å². The van der Waals surface area contributed by atoms with Crippen LogP contribution in [0.15, 0.2) is 23.0 Å². The summed E-state index contributed by atoms with van der Waals surface area (Å²) >= 11 is 0. The van der Waals surface area contributed by atoms with Gasteiger partial charge in [0.2, 0.25) is 5.91 Å². The minimum absolute atomic E-state index is 0.189. The van der Waals surface area contributed by atoms with Crippen molar-refractivity contribution in [2.75, 3.05) is 0 Å². The average molecular weight is 352 g/mol. The maximum Gasteiger partial charge on any atom is 0.329 e. The molecule has 2 N–H and O–H groups in total. The molecule has 2 atom stereocenters. The number of esters is 1. The van der Waals surface area contributed by atoms with Crippen molar-refractivity contribution in [1.82, 2.24) is 10.6 Å². The quantitative estimate of drug-likeness (QED) is 0.734. The largest absolute Gasteiger partial charge is 0.472 e. The third-order valence-corrected chi connectivity index (χ3v) is 3.24. The topological polar surface area (TPSA) is 97.6 Å². The Balaban J connectivity index is 2.69. The first kappa shape index (κ1) is 20.7. The summed E-state index contributed by atoms with van der Waals surface area (Å²) in [5.41, 5.74) is -0.316. The van der Waals surface area contributed by atoms with Gasteiger partial charge >= 0.3 is 5.97 Å². The number of carbonyl (C=O) groups excluding carboxylic acids is 3. The van der Waals surface area contributed by atoms with Gasteiger partial charge in [-0.3, -0.25) is 9.59 Å². The van der Waals surface area contributed by atoms with E-state index in [1.165, 1.54) is 18.6 Å². The van der Waals surface area contributed by atoms with Crippen LogP contribution in [-0.2, 0) is 14.3 Å². The first-order valence-electron chi connectivity index (χ1n) is 8.36. The molecule has 0 fully saturated rings. The van der Waals surface area contributed by atoms with E-state index in [9.17, 15) is 14.4 Å². The van der Waals surface area contributed by atoms with Crippen LogP contribution in [0.3, 0.4) is 0 Å². The number of hydrogen-bond donors (Lipinski definition) is 2. The van der Waals surface area contributed by atoms with Gasteiger partial charge in [0.05, 0.1) is 11.8 Å². The summed E-state index contributed by atoms with van der Waals surface area (Å²) < 4.78 is 10.2. The van der Waals surface area contributed by atoms with Gasteiger partial charge < -0.3 is 19.8 Å². The zero-order valence-electron chi connectivity index (χ0n) is 15.7. The first-order valence-corrected chi connectivity index (χ1v) is 8.36. The predicted molar refractivity (Wildman–Crippen MR) is 92.9 cm³/mol. The molecule has 0 saturated carbocycles. The third kappa shape index (κ3) is 7.41. The lowest BCUT2D eigenvalue weighted by atomic mass is 10.0. The van der Waals surface area contributed by atoms with Crippen molar-refractivity contribution >= 4 is 17.8 Å². The molecule has 1 rings (SSSR count). The lowest BCUT2D eigenvalue weighted by Gasteiger charge is -2.26. The smallest absolute Gasteiger partial charge is 0.329 e. The van der Waals surface area contributed by atoms with E-state index in [4.69, 9.17) is 9.15 Å². The average Bonchev–Trinajstić information content (AvgIpc) is 2.98. The molecule has 1 heterocycles. The molecule has 140 valence electrons. The Morgan fingerprint density at radius 1 is 1.16 bits per heavy atom. The molecule has 0 spiro atoms. The third-order valence-electron chi connectivity index (χ3n) is 3.24. The summed E-state index contributed by atoms with van der Waals surface area (Å²) in [5, 5.41) is 5.23. The van der Waals surface area contributed by atoms with Crippen LogP contribution >= 0.6 is 0 Å². The van der Waals surface area contributed by atoms with Crippen LogP contribution in [0.25, 0.3) is 0 Å². The Labute approximate surface area is 148 Å². The van der Waals surface area contributed by atoms with Crippen LogP contribution in [-0.4, -0.2) is 35.5 Å². The number of furan rings is 1. The highest BCUT2D eigenvalue weighted by molar-refractivity contribution is 5.97. The summed E-state index contributed by atoms with van der Waals surface area (Å²) in [4.78, 5) is 36.6. The molecule has 0 aliphatic rings. The summed E-state index contributed by atoms with van der Waals surface area (Å²) in [6.45, 7) is 10.8. The van der Waals surface area contributed by atoms with Crippen molar-refractivity contribution in [1.29, 1.82) is 0 Å².